The first-order valence-corrected chi connectivity index (χ1v) is 13.2. The van der Waals surface area contributed by atoms with Crippen LogP contribution in [-0.2, 0) is 19.7 Å². The van der Waals surface area contributed by atoms with Gasteiger partial charge in [-0.25, -0.2) is 9.69 Å². The average molecular weight is 555 g/mol. The second kappa shape index (κ2) is 10.7. The summed E-state index contributed by atoms with van der Waals surface area (Å²) in [5.41, 5.74) is 2.06. The number of carbonyl (C=O) groups excluding carboxylic acids is 3. The predicted molar refractivity (Wildman–Crippen MR) is 142 cm³/mol. The fraction of sp³-hybridized carbons (Fsp3) is 0.148. The van der Waals surface area contributed by atoms with Crippen LogP contribution in [0.2, 0.25) is 5.02 Å². The van der Waals surface area contributed by atoms with Crippen LogP contribution in [0.5, 0.6) is 11.5 Å². The van der Waals surface area contributed by atoms with Crippen molar-refractivity contribution in [3.05, 3.63) is 87.9 Å². The summed E-state index contributed by atoms with van der Waals surface area (Å²) < 4.78 is 36.4. The lowest BCUT2D eigenvalue weighted by molar-refractivity contribution is -0.122. The summed E-state index contributed by atoms with van der Waals surface area (Å²) in [5, 5.41) is 2.04. The van der Waals surface area contributed by atoms with E-state index in [-0.39, 0.29) is 39.2 Å². The number of barbiturate groups is 1. The summed E-state index contributed by atoms with van der Waals surface area (Å²) in [5.74, 6) is -1.98. The molecule has 1 aliphatic heterocycles. The van der Waals surface area contributed by atoms with E-state index in [0.717, 1.165) is 16.0 Å². The second-order valence-corrected chi connectivity index (χ2v) is 10.3. The quantitative estimate of drug-likeness (QED) is 0.253. The molecule has 1 N–H and O–H groups in total. The molecule has 38 heavy (non-hydrogen) atoms. The van der Waals surface area contributed by atoms with Crippen LogP contribution >= 0.6 is 11.6 Å². The Morgan fingerprint density at radius 1 is 0.974 bits per heavy atom. The first-order chi connectivity index (χ1) is 18.0. The average Bonchev–Trinajstić information content (AvgIpc) is 2.86. The Hall–Kier alpha value is -4.15. The molecule has 4 amide bonds. The summed E-state index contributed by atoms with van der Waals surface area (Å²) in [6, 6.07) is 14.4. The molecule has 196 valence electrons. The number of hydrogen-bond acceptors (Lipinski definition) is 7. The smallest absolute Gasteiger partial charge is 0.339 e. The fourth-order valence-corrected chi connectivity index (χ4v) is 4.96. The van der Waals surface area contributed by atoms with Gasteiger partial charge in [-0.1, -0.05) is 35.9 Å². The SMILES string of the molecule is CCOc1cc(/C=C2\C(=O)NC(=O)N(c3ccc(C)c(C)c3)C2=O)cc(Cl)c1OS(=O)(=O)c1ccccc1. The Bertz CT molecular complexity index is 1580. The van der Waals surface area contributed by atoms with Gasteiger partial charge < -0.3 is 8.92 Å². The van der Waals surface area contributed by atoms with E-state index in [1.54, 1.807) is 43.3 Å². The zero-order valence-corrected chi connectivity index (χ0v) is 22.2. The molecular weight excluding hydrogens is 532 g/mol. The standard InChI is InChI=1S/C27H23ClN2O7S/c1-4-36-23-15-18(14-22(28)24(23)37-38(34,35)20-8-6-5-7-9-20)13-21-25(31)29-27(33)30(26(21)32)19-11-10-16(2)17(3)12-19/h5-15H,4H2,1-3H3,(H,29,31,33)/b21-13+. The number of nitrogens with one attached hydrogen (secondary N) is 1. The maximum atomic E-state index is 13.3. The second-order valence-electron chi connectivity index (χ2n) is 8.34. The summed E-state index contributed by atoms with van der Waals surface area (Å²) in [4.78, 5) is 39.2. The van der Waals surface area contributed by atoms with E-state index < -0.39 is 28.0 Å². The maximum Gasteiger partial charge on any atom is 0.339 e. The van der Waals surface area contributed by atoms with Crippen LogP contribution in [0.25, 0.3) is 6.08 Å². The van der Waals surface area contributed by atoms with Gasteiger partial charge in [-0.05, 0) is 79.9 Å². The van der Waals surface area contributed by atoms with E-state index in [0.29, 0.717) is 5.69 Å². The Kier molecular flexibility index (Phi) is 7.56. The van der Waals surface area contributed by atoms with Crippen molar-refractivity contribution in [2.45, 2.75) is 25.7 Å². The number of carbonyl (C=O) groups is 3. The van der Waals surface area contributed by atoms with Gasteiger partial charge in [0.25, 0.3) is 11.8 Å². The van der Waals surface area contributed by atoms with Crippen LogP contribution < -0.4 is 19.1 Å². The highest BCUT2D eigenvalue weighted by atomic mass is 35.5. The van der Waals surface area contributed by atoms with Gasteiger partial charge in [0, 0.05) is 0 Å². The zero-order chi connectivity index (χ0) is 27.6. The maximum absolute atomic E-state index is 13.3. The summed E-state index contributed by atoms with van der Waals surface area (Å²) in [6.07, 6.45) is 1.24. The van der Waals surface area contributed by atoms with Gasteiger partial charge in [0.1, 0.15) is 10.5 Å². The Morgan fingerprint density at radius 2 is 1.68 bits per heavy atom. The molecule has 0 spiro atoms. The molecule has 3 aromatic rings. The van der Waals surface area contributed by atoms with Crippen molar-refractivity contribution >= 4 is 51.3 Å². The fourth-order valence-electron chi connectivity index (χ4n) is 3.68. The minimum absolute atomic E-state index is 0.0166. The van der Waals surface area contributed by atoms with E-state index in [4.69, 9.17) is 20.5 Å². The highest BCUT2D eigenvalue weighted by Gasteiger charge is 2.37. The monoisotopic (exact) mass is 554 g/mol. The van der Waals surface area contributed by atoms with Gasteiger partial charge in [-0.3, -0.25) is 14.9 Å². The van der Waals surface area contributed by atoms with E-state index in [1.165, 1.54) is 30.3 Å². The number of halogens is 1. The minimum atomic E-state index is -4.23. The molecule has 0 aromatic heterocycles. The van der Waals surface area contributed by atoms with Gasteiger partial charge in [-0.15, -0.1) is 0 Å². The van der Waals surface area contributed by atoms with E-state index in [1.807, 2.05) is 13.8 Å². The molecule has 11 heteroatoms. The van der Waals surface area contributed by atoms with Crippen molar-refractivity contribution in [3.63, 3.8) is 0 Å². The van der Waals surface area contributed by atoms with Crippen molar-refractivity contribution in [1.82, 2.24) is 5.32 Å². The Balaban J connectivity index is 1.73. The van der Waals surface area contributed by atoms with Crippen molar-refractivity contribution < 1.29 is 31.7 Å². The molecule has 1 heterocycles. The number of benzene rings is 3. The minimum Gasteiger partial charge on any atom is -0.490 e. The number of imide groups is 2. The number of anilines is 1. The van der Waals surface area contributed by atoms with Gasteiger partial charge in [-0.2, -0.15) is 8.42 Å². The first kappa shape index (κ1) is 26.9. The molecule has 0 saturated carbocycles. The molecule has 0 unspecified atom stereocenters. The largest absolute Gasteiger partial charge is 0.490 e. The molecule has 4 rings (SSSR count). The normalized spacial score (nSPS) is 15.0. The molecule has 1 saturated heterocycles. The third-order valence-electron chi connectivity index (χ3n) is 5.72. The molecule has 3 aromatic carbocycles. The number of amides is 4. The van der Waals surface area contributed by atoms with Gasteiger partial charge in [0.05, 0.1) is 17.3 Å². The van der Waals surface area contributed by atoms with Crippen LogP contribution in [0.4, 0.5) is 10.5 Å². The highest BCUT2D eigenvalue weighted by molar-refractivity contribution is 7.87. The molecular formula is C27H23ClN2O7S. The van der Waals surface area contributed by atoms with Crippen LogP contribution in [-0.4, -0.2) is 32.9 Å². The molecule has 1 fully saturated rings. The van der Waals surface area contributed by atoms with Crippen molar-refractivity contribution in [3.8, 4) is 11.5 Å². The van der Waals surface area contributed by atoms with Crippen LogP contribution in [0.1, 0.15) is 23.6 Å². The predicted octanol–water partition coefficient (Wildman–Crippen LogP) is 4.79. The van der Waals surface area contributed by atoms with Gasteiger partial charge in [0.2, 0.25) is 5.75 Å². The summed E-state index contributed by atoms with van der Waals surface area (Å²) >= 11 is 6.39. The van der Waals surface area contributed by atoms with Crippen molar-refractivity contribution in [2.75, 3.05) is 11.5 Å². The van der Waals surface area contributed by atoms with E-state index >= 15 is 0 Å². The number of hydrogen-bond donors (Lipinski definition) is 1. The zero-order valence-electron chi connectivity index (χ0n) is 20.6. The number of urea groups is 1. The molecule has 0 atom stereocenters. The lowest BCUT2D eigenvalue weighted by Crippen LogP contribution is -2.54. The molecule has 9 nitrogen and oxygen atoms in total. The molecule has 0 radical (unpaired) electrons. The third kappa shape index (κ3) is 5.41. The van der Waals surface area contributed by atoms with Crippen molar-refractivity contribution in [1.29, 1.82) is 0 Å². The molecule has 1 aliphatic rings. The third-order valence-corrected chi connectivity index (χ3v) is 7.23. The molecule has 0 bridgehead atoms. The number of rotatable bonds is 7. The number of nitrogens with zero attached hydrogens (tertiary/aromatic N) is 1. The topological polar surface area (TPSA) is 119 Å². The Labute approximate surface area is 224 Å². The number of ether oxygens (including phenoxy) is 1. The number of aryl methyl sites for hydroxylation is 2. The van der Waals surface area contributed by atoms with E-state index in [2.05, 4.69) is 5.32 Å². The van der Waals surface area contributed by atoms with Crippen molar-refractivity contribution in [2.24, 2.45) is 0 Å². The van der Waals surface area contributed by atoms with Gasteiger partial charge in [0.15, 0.2) is 5.75 Å². The highest BCUT2D eigenvalue weighted by Crippen LogP contribution is 2.39. The lowest BCUT2D eigenvalue weighted by atomic mass is 10.0. The van der Waals surface area contributed by atoms with Crippen LogP contribution in [0.15, 0.2) is 71.1 Å². The van der Waals surface area contributed by atoms with Gasteiger partial charge >= 0.3 is 16.1 Å². The van der Waals surface area contributed by atoms with E-state index in [9.17, 15) is 22.8 Å². The van der Waals surface area contributed by atoms with Crippen LogP contribution in [0, 0.1) is 13.8 Å². The van der Waals surface area contributed by atoms with Crippen LogP contribution in [0.3, 0.4) is 0 Å². The Morgan fingerprint density at radius 3 is 2.34 bits per heavy atom. The summed E-state index contributed by atoms with van der Waals surface area (Å²) in [6.45, 7) is 5.56. The summed E-state index contributed by atoms with van der Waals surface area (Å²) in [7, 11) is -4.23. The first-order valence-electron chi connectivity index (χ1n) is 11.5. The molecule has 0 aliphatic carbocycles. The lowest BCUT2D eigenvalue weighted by Gasteiger charge is -2.27.